The van der Waals surface area contributed by atoms with E-state index in [1.54, 1.807) is 42.6 Å². The van der Waals surface area contributed by atoms with Crippen LogP contribution >= 0.6 is 0 Å². The van der Waals surface area contributed by atoms with E-state index >= 15 is 0 Å². The number of carbonyl (C=O) groups is 2. The number of amides is 2. The minimum atomic E-state index is -0.290. The maximum absolute atomic E-state index is 13.1. The predicted molar refractivity (Wildman–Crippen MR) is 133 cm³/mol. The number of carbonyl (C=O) groups excluding carboxylic acids is 2. The van der Waals surface area contributed by atoms with E-state index in [1.165, 1.54) is 6.20 Å². The van der Waals surface area contributed by atoms with E-state index in [4.69, 9.17) is 5.10 Å². The number of pyridine rings is 1. The summed E-state index contributed by atoms with van der Waals surface area (Å²) in [4.78, 5) is 29.5. The highest BCUT2D eigenvalue weighted by Gasteiger charge is 2.21. The molecule has 0 aliphatic carbocycles. The van der Waals surface area contributed by atoms with Gasteiger partial charge in [-0.15, -0.1) is 0 Å². The molecule has 4 aromatic rings. The number of aromatic nitrogens is 3. The highest BCUT2D eigenvalue weighted by atomic mass is 16.2. The van der Waals surface area contributed by atoms with Gasteiger partial charge in [0.15, 0.2) is 0 Å². The molecule has 0 aliphatic heterocycles. The fourth-order valence-corrected chi connectivity index (χ4v) is 3.39. The summed E-state index contributed by atoms with van der Waals surface area (Å²) < 4.78 is 1.81. The van der Waals surface area contributed by atoms with Crippen molar-refractivity contribution in [1.82, 2.24) is 14.8 Å². The summed E-state index contributed by atoms with van der Waals surface area (Å²) in [5.74, 6) is 0.0390. The molecule has 2 aromatic carbocycles. The first-order chi connectivity index (χ1) is 16.3. The molecular weight excluding hydrogens is 426 g/mol. The van der Waals surface area contributed by atoms with Gasteiger partial charge in [0.2, 0.25) is 0 Å². The van der Waals surface area contributed by atoms with Crippen molar-refractivity contribution in [2.75, 3.05) is 10.6 Å². The van der Waals surface area contributed by atoms with Crippen LogP contribution in [-0.4, -0.2) is 26.6 Å². The van der Waals surface area contributed by atoms with Gasteiger partial charge in [-0.05, 0) is 35.9 Å². The van der Waals surface area contributed by atoms with Gasteiger partial charge >= 0.3 is 0 Å². The van der Waals surface area contributed by atoms with Crippen LogP contribution in [0.25, 0.3) is 0 Å². The Balaban J connectivity index is 1.54. The van der Waals surface area contributed by atoms with E-state index in [2.05, 4.69) is 36.4 Å². The Morgan fingerprint density at radius 2 is 1.59 bits per heavy atom. The zero-order chi connectivity index (χ0) is 24.1. The van der Waals surface area contributed by atoms with Gasteiger partial charge in [-0.3, -0.25) is 14.6 Å². The average molecular weight is 454 g/mol. The van der Waals surface area contributed by atoms with Gasteiger partial charge in [0, 0.05) is 35.1 Å². The molecule has 7 heteroatoms. The second-order valence-electron chi connectivity index (χ2n) is 9.04. The van der Waals surface area contributed by atoms with Gasteiger partial charge in [-0.25, -0.2) is 4.68 Å². The molecule has 2 amide bonds. The number of nitrogens with one attached hydrogen (secondary N) is 2. The topological polar surface area (TPSA) is 88.9 Å². The Labute approximate surface area is 198 Å². The summed E-state index contributed by atoms with van der Waals surface area (Å²) in [7, 11) is 0. The predicted octanol–water partition coefficient (Wildman–Crippen LogP) is 5.13. The number of benzene rings is 2. The van der Waals surface area contributed by atoms with Crippen LogP contribution in [0.15, 0.2) is 85.2 Å². The lowest BCUT2D eigenvalue weighted by atomic mass is 9.92. The summed E-state index contributed by atoms with van der Waals surface area (Å²) in [6, 6.07) is 22.1. The Hall–Kier alpha value is -4.26. The summed E-state index contributed by atoms with van der Waals surface area (Å²) in [6.07, 6.45) is 3.10. The Kier molecular flexibility index (Phi) is 6.54. The highest BCUT2D eigenvalue weighted by Crippen LogP contribution is 2.25. The van der Waals surface area contributed by atoms with Crippen molar-refractivity contribution in [3.63, 3.8) is 0 Å². The van der Waals surface area contributed by atoms with E-state index in [0.29, 0.717) is 29.2 Å². The lowest BCUT2D eigenvalue weighted by Gasteiger charge is -2.14. The molecule has 7 nitrogen and oxygen atoms in total. The number of anilines is 2. The number of nitrogens with zero attached hydrogens (tertiary/aromatic N) is 3. The van der Waals surface area contributed by atoms with Gasteiger partial charge in [-0.2, -0.15) is 5.10 Å². The van der Waals surface area contributed by atoms with E-state index in [-0.39, 0.29) is 17.2 Å². The number of hydrogen-bond acceptors (Lipinski definition) is 4. The van der Waals surface area contributed by atoms with Gasteiger partial charge in [0.25, 0.3) is 11.8 Å². The van der Waals surface area contributed by atoms with Crippen molar-refractivity contribution in [1.29, 1.82) is 0 Å². The van der Waals surface area contributed by atoms with E-state index in [9.17, 15) is 9.59 Å². The first kappa shape index (κ1) is 22.9. The molecule has 0 saturated carbocycles. The standard InChI is InChI=1S/C27H27N5O2/c1-27(2,3)23-16-24(32(31-23)18-19-9-5-4-6-10-19)30-25(33)20-11-7-13-22(15-20)29-26(34)21-12-8-14-28-17-21/h4-17H,18H2,1-3H3,(H,29,34)(H,30,33). The lowest BCUT2D eigenvalue weighted by Crippen LogP contribution is -2.17. The van der Waals surface area contributed by atoms with Crippen molar-refractivity contribution in [2.24, 2.45) is 0 Å². The molecule has 0 radical (unpaired) electrons. The third-order valence-electron chi connectivity index (χ3n) is 5.27. The zero-order valence-electron chi connectivity index (χ0n) is 19.4. The van der Waals surface area contributed by atoms with Crippen molar-refractivity contribution < 1.29 is 9.59 Å². The summed E-state index contributed by atoms with van der Waals surface area (Å²) in [6.45, 7) is 6.79. The number of rotatable bonds is 6. The fourth-order valence-electron chi connectivity index (χ4n) is 3.39. The van der Waals surface area contributed by atoms with Crippen LogP contribution in [0.1, 0.15) is 52.7 Å². The Morgan fingerprint density at radius 3 is 2.29 bits per heavy atom. The minimum absolute atomic E-state index is 0.169. The molecule has 0 saturated heterocycles. The summed E-state index contributed by atoms with van der Waals surface area (Å²) in [5, 5.41) is 10.6. The summed E-state index contributed by atoms with van der Waals surface area (Å²) >= 11 is 0. The molecule has 172 valence electrons. The number of hydrogen-bond donors (Lipinski definition) is 2. The molecule has 0 fully saturated rings. The van der Waals surface area contributed by atoms with Crippen LogP contribution < -0.4 is 10.6 Å². The third-order valence-corrected chi connectivity index (χ3v) is 5.27. The largest absolute Gasteiger partial charge is 0.322 e. The minimum Gasteiger partial charge on any atom is -0.322 e. The smallest absolute Gasteiger partial charge is 0.257 e. The van der Waals surface area contributed by atoms with Crippen molar-refractivity contribution in [3.05, 3.63) is 108 Å². The van der Waals surface area contributed by atoms with E-state index in [1.807, 2.05) is 41.1 Å². The third kappa shape index (κ3) is 5.56. The van der Waals surface area contributed by atoms with Crippen LogP contribution in [0.4, 0.5) is 11.5 Å². The quantitative estimate of drug-likeness (QED) is 0.424. The van der Waals surface area contributed by atoms with Crippen LogP contribution in [0.5, 0.6) is 0 Å². The monoisotopic (exact) mass is 453 g/mol. The molecule has 2 heterocycles. The molecular formula is C27H27N5O2. The van der Waals surface area contributed by atoms with Crippen molar-refractivity contribution in [3.8, 4) is 0 Å². The van der Waals surface area contributed by atoms with Crippen molar-refractivity contribution >= 4 is 23.3 Å². The first-order valence-electron chi connectivity index (χ1n) is 11.0. The van der Waals surface area contributed by atoms with Crippen LogP contribution in [0.3, 0.4) is 0 Å². The highest BCUT2D eigenvalue weighted by molar-refractivity contribution is 6.07. The molecule has 2 aromatic heterocycles. The summed E-state index contributed by atoms with van der Waals surface area (Å²) in [5.41, 5.74) is 3.19. The second kappa shape index (κ2) is 9.70. The molecule has 34 heavy (non-hydrogen) atoms. The molecule has 4 rings (SSSR count). The molecule has 0 bridgehead atoms. The van der Waals surface area contributed by atoms with Gasteiger partial charge in [0.1, 0.15) is 5.82 Å². The van der Waals surface area contributed by atoms with Crippen LogP contribution in [0, 0.1) is 0 Å². The first-order valence-corrected chi connectivity index (χ1v) is 11.0. The Morgan fingerprint density at radius 1 is 0.853 bits per heavy atom. The lowest BCUT2D eigenvalue weighted by molar-refractivity contribution is 0.101. The molecule has 0 aliphatic rings. The van der Waals surface area contributed by atoms with E-state index < -0.39 is 0 Å². The fraction of sp³-hybridized carbons (Fsp3) is 0.185. The molecule has 0 spiro atoms. The van der Waals surface area contributed by atoms with Crippen LogP contribution in [-0.2, 0) is 12.0 Å². The zero-order valence-corrected chi connectivity index (χ0v) is 19.4. The SMILES string of the molecule is CC(C)(C)c1cc(NC(=O)c2cccc(NC(=O)c3cccnc3)c2)n(Cc2ccccc2)n1. The maximum Gasteiger partial charge on any atom is 0.257 e. The average Bonchev–Trinajstić information content (AvgIpc) is 3.23. The Bertz CT molecular complexity index is 1290. The normalized spacial score (nSPS) is 11.1. The molecule has 0 atom stereocenters. The second-order valence-corrected chi connectivity index (χ2v) is 9.04. The van der Waals surface area contributed by atoms with Gasteiger partial charge in [-0.1, -0.05) is 57.2 Å². The van der Waals surface area contributed by atoms with Gasteiger partial charge < -0.3 is 10.6 Å². The molecule has 2 N–H and O–H groups in total. The van der Waals surface area contributed by atoms with Crippen LogP contribution in [0.2, 0.25) is 0 Å². The maximum atomic E-state index is 13.1. The van der Waals surface area contributed by atoms with E-state index in [0.717, 1.165) is 11.3 Å². The molecule has 0 unspecified atom stereocenters. The van der Waals surface area contributed by atoms with Crippen molar-refractivity contribution in [2.45, 2.75) is 32.7 Å². The van der Waals surface area contributed by atoms with Gasteiger partial charge in [0.05, 0.1) is 17.8 Å².